The zero-order valence-electron chi connectivity index (χ0n) is 11.2. The van der Waals surface area contributed by atoms with Gasteiger partial charge in [0.2, 0.25) is 0 Å². The Hall–Kier alpha value is -2.62. The van der Waals surface area contributed by atoms with Crippen molar-refractivity contribution < 1.29 is 9.66 Å². The molecule has 0 bridgehead atoms. The van der Waals surface area contributed by atoms with E-state index < -0.39 is 4.92 Å². The summed E-state index contributed by atoms with van der Waals surface area (Å²) >= 11 is 0. The van der Waals surface area contributed by atoms with Gasteiger partial charge >= 0.3 is 0 Å². The second-order valence-electron chi connectivity index (χ2n) is 4.43. The number of ether oxygens (including phenoxy) is 1. The summed E-state index contributed by atoms with van der Waals surface area (Å²) in [6.07, 6.45) is 0.696. The van der Waals surface area contributed by atoms with Crippen molar-refractivity contribution in [3.63, 3.8) is 0 Å². The first-order chi connectivity index (χ1) is 9.60. The van der Waals surface area contributed by atoms with Crippen molar-refractivity contribution in [1.82, 2.24) is 0 Å². The Kier molecular flexibility index (Phi) is 4.15. The lowest BCUT2D eigenvalue weighted by atomic mass is 9.99. The maximum Gasteiger partial charge on any atom is 0.269 e. The number of nitro benzene ring substituents is 1. The summed E-state index contributed by atoms with van der Waals surface area (Å²) in [5.41, 5.74) is 3.04. The maximum atomic E-state index is 10.6. The molecule has 20 heavy (non-hydrogen) atoms. The molecule has 0 unspecified atom stereocenters. The molecule has 4 heteroatoms. The Labute approximate surface area is 117 Å². The first-order valence-corrected chi connectivity index (χ1v) is 6.15. The normalized spacial score (nSPS) is 10.1. The molecule has 0 heterocycles. The molecule has 0 aliphatic rings. The van der Waals surface area contributed by atoms with Crippen LogP contribution in [0.2, 0.25) is 0 Å². The second-order valence-corrected chi connectivity index (χ2v) is 4.43. The Morgan fingerprint density at radius 2 is 1.75 bits per heavy atom. The van der Waals surface area contributed by atoms with E-state index in [0.29, 0.717) is 6.42 Å². The summed E-state index contributed by atoms with van der Waals surface area (Å²) in [7, 11) is 1.63. The molecule has 2 aromatic carbocycles. The average molecular weight is 269 g/mol. The van der Waals surface area contributed by atoms with Crippen molar-refractivity contribution in [3.05, 3.63) is 76.4 Å². The van der Waals surface area contributed by atoms with Crippen LogP contribution in [0.4, 0.5) is 5.69 Å². The molecule has 0 aliphatic heterocycles. The Balaban J connectivity index is 2.08. The lowest BCUT2D eigenvalue weighted by molar-refractivity contribution is -0.384. The first-order valence-electron chi connectivity index (χ1n) is 6.15. The minimum atomic E-state index is -0.407. The van der Waals surface area contributed by atoms with Crippen molar-refractivity contribution in [2.75, 3.05) is 7.11 Å². The summed E-state index contributed by atoms with van der Waals surface area (Å²) in [5, 5.41) is 10.6. The molecular formula is C16H15NO3. The van der Waals surface area contributed by atoms with Gasteiger partial charge in [0.25, 0.3) is 5.69 Å². The van der Waals surface area contributed by atoms with Crippen LogP contribution in [-0.2, 0) is 6.42 Å². The van der Waals surface area contributed by atoms with Crippen molar-refractivity contribution in [2.24, 2.45) is 0 Å². The molecule has 0 amide bonds. The van der Waals surface area contributed by atoms with E-state index in [0.717, 1.165) is 22.4 Å². The standard InChI is InChI=1S/C16H15NO3/c1-12(11-13-3-9-16(20-2)10-4-13)14-5-7-15(8-6-14)17(18)19/h3-10H,1,11H2,2H3. The van der Waals surface area contributed by atoms with Gasteiger partial charge in [-0.3, -0.25) is 10.1 Å². The van der Waals surface area contributed by atoms with Gasteiger partial charge in [-0.2, -0.15) is 0 Å². The van der Waals surface area contributed by atoms with Crippen molar-refractivity contribution >= 4 is 11.3 Å². The summed E-state index contributed by atoms with van der Waals surface area (Å²) in [6.45, 7) is 4.04. The van der Waals surface area contributed by atoms with E-state index in [1.807, 2.05) is 24.3 Å². The van der Waals surface area contributed by atoms with Crippen LogP contribution < -0.4 is 4.74 Å². The highest BCUT2D eigenvalue weighted by molar-refractivity contribution is 5.66. The Bertz CT molecular complexity index is 615. The third-order valence-electron chi connectivity index (χ3n) is 3.06. The van der Waals surface area contributed by atoms with E-state index in [1.165, 1.54) is 12.1 Å². The van der Waals surface area contributed by atoms with Crippen molar-refractivity contribution in [2.45, 2.75) is 6.42 Å². The number of allylic oxidation sites excluding steroid dienone is 1. The quantitative estimate of drug-likeness (QED) is 0.611. The molecule has 0 N–H and O–H groups in total. The molecule has 0 atom stereocenters. The Morgan fingerprint density at radius 3 is 2.25 bits per heavy atom. The van der Waals surface area contributed by atoms with Gasteiger partial charge < -0.3 is 4.74 Å². The fraction of sp³-hybridized carbons (Fsp3) is 0.125. The third kappa shape index (κ3) is 3.23. The first kappa shape index (κ1) is 13.8. The van der Waals surface area contributed by atoms with Gasteiger partial charge in [0.1, 0.15) is 5.75 Å². The average Bonchev–Trinajstić information content (AvgIpc) is 2.48. The number of non-ortho nitro benzene ring substituents is 1. The molecular weight excluding hydrogens is 254 g/mol. The summed E-state index contributed by atoms with van der Waals surface area (Å²) in [4.78, 5) is 10.2. The fourth-order valence-electron chi connectivity index (χ4n) is 1.91. The van der Waals surface area contributed by atoms with E-state index in [4.69, 9.17) is 4.74 Å². The molecule has 0 saturated heterocycles. The van der Waals surface area contributed by atoms with E-state index in [9.17, 15) is 10.1 Å². The topological polar surface area (TPSA) is 52.4 Å². The number of hydrogen-bond donors (Lipinski definition) is 0. The van der Waals surface area contributed by atoms with Crippen LogP contribution in [0.25, 0.3) is 5.57 Å². The van der Waals surface area contributed by atoms with Crippen molar-refractivity contribution in [3.8, 4) is 5.75 Å². The predicted molar refractivity (Wildman–Crippen MR) is 78.8 cm³/mol. The number of hydrogen-bond acceptors (Lipinski definition) is 3. The fourth-order valence-corrected chi connectivity index (χ4v) is 1.91. The van der Waals surface area contributed by atoms with E-state index in [-0.39, 0.29) is 5.69 Å². The van der Waals surface area contributed by atoms with Gasteiger partial charge in [-0.15, -0.1) is 0 Å². The molecule has 2 aromatic rings. The zero-order chi connectivity index (χ0) is 14.5. The SMILES string of the molecule is C=C(Cc1ccc(OC)cc1)c1ccc([N+](=O)[O-])cc1. The highest BCUT2D eigenvalue weighted by Gasteiger charge is 2.06. The monoisotopic (exact) mass is 269 g/mol. The molecule has 0 radical (unpaired) electrons. The van der Waals surface area contributed by atoms with Crippen LogP contribution in [0.5, 0.6) is 5.75 Å². The van der Waals surface area contributed by atoms with Crippen LogP contribution in [-0.4, -0.2) is 12.0 Å². The third-order valence-corrected chi connectivity index (χ3v) is 3.06. The van der Waals surface area contributed by atoms with E-state index in [2.05, 4.69) is 6.58 Å². The second kappa shape index (κ2) is 6.02. The van der Waals surface area contributed by atoms with E-state index >= 15 is 0 Å². The van der Waals surface area contributed by atoms with Gasteiger partial charge in [0.15, 0.2) is 0 Å². The predicted octanol–water partition coefficient (Wildman–Crippen LogP) is 3.86. The zero-order valence-corrected chi connectivity index (χ0v) is 11.2. The minimum Gasteiger partial charge on any atom is -0.497 e. The molecule has 4 nitrogen and oxygen atoms in total. The van der Waals surface area contributed by atoms with Crippen LogP contribution in [0, 0.1) is 10.1 Å². The number of benzene rings is 2. The highest BCUT2D eigenvalue weighted by Crippen LogP contribution is 2.22. The Morgan fingerprint density at radius 1 is 1.15 bits per heavy atom. The smallest absolute Gasteiger partial charge is 0.269 e. The van der Waals surface area contributed by atoms with Gasteiger partial charge in [0, 0.05) is 12.1 Å². The van der Waals surface area contributed by atoms with Gasteiger partial charge in [-0.25, -0.2) is 0 Å². The van der Waals surface area contributed by atoms with Crippen LogP contribution in [0.3, 0.4) is 0 Å². The summed E-state index contributed by atoms with van der Waals surface area (Å²) < 4.78 is 5.11. The van der Waals surface area contributed by atoms with Gasteiger partial charge in [-0.05, 0) is 47.4 Å². The molecule has 0 aromatic heterocycles. The molecule has 102 valence electrons. The molecule has 0 fully saturated rings. The van der Waals surface area contributed by atoms with Gasteiger partial charge in [0.05, 0.1) is 12.0 Å². The van der Waals surface area contributed by atoms with Crippen LogP contribution in [0.1, 0.15) is 11.1 Å². The number of methoxy groups -OCH3 is 1. The molecule has 0 spiro atoms. The van der Waals surface area contributed by atoms with Gasteiger partial charge in [-0.1, -0.05) is 18.7 Å². The van der Waals surface area contributed by atoms with Crippen LogP contribution in [0.15, 0.2) is 55.1 Å². The minimum absolute atomic E-state index is 0.0889. The summed E-state index contributed by atoms with van der Waals surface area (Å²) in [5.74, 6) is 0.815. The largest absolute Gasteiger partial charge is 0.497 e. The molecule has 0 saturated carbocycles. The highest BCUT2D eigenvalue weighted by atomic mass is 16.6. The lowest BCUT2D eigenvalue weighted by Crippen LogP contribution is -1.92. The summed E-state index contributed by atoms with van der Waals surface area (Å²) in [6, 6.07) is 14.2. The number of nitro groups is 1. The lowest BCUT2D eigenvalue weighted by Gasteiger charge is -2.07. The van der Waals surface area contributed by atoms with E-state index in [1.54, 1.807) is 19.2 Å². The van der Waals surface area contributed by atoms with Crippen LogP contribution >= 0.6 is 0 Å². The maximum absolute atomic E-state index is 10.6. The van der Waals surface area contributed by atoms with Crippen molar-refractivity contribution in [1.29, 1.82) is 0 Å². The molecule has 0 aliphatic carbocycles. The number of nitrogens with zero attached hydrogens (tertiary/aromatic N) is 1. The number of rotatable bonds is 5. The molecule has 2 rings (SSSR count).